The molecule has 0 unspecified atom stereocenters. The topological polar surface area (TPSA) is 91.0 Å². The van der Waals surface area contributed by atoms with E-state index in [1.54, 1.807) is 4.90 Å². The molecule has 1 aromatic carbocycles. The molecule has 164 valence electrons. The summed E-state index contributed by atoms with van der Waals surface area (Å²) in [4.78, 5) is 30.2. The SMILES string of the molecule is CCCCCc1nnc(NC(=O)[C@@H]2CC(=O)N(CCc3c[nH]c4ccc(C)cc34)C2)s1. The lowest BCUT2D eigenvalue weighted by molar-refractivity contribution is -0.128. The summed E-state index contributed by atoms with van der Waals surface area (Å²) >= 11 is 1.43. The molecule has 1 saturated heterocycles. The van der Waals surface area contributed by atoms with E-state index >= 15 is 0 Å². The number of nitrogens with one attached hydrogen (secondary N) is 2. The highest BCUT2D eigenvalue weighted by molar-refractivity contribution is 7.15. The molecule has 0 saturated carbocycles. The van der Waals surface area contributed by atoms with Gasteiger partial charge in [0.15, 0.2) is 0 Å². The third-order valence-corrected chi connectivity index (χ3v) is 6.75. The zero-order chi connectivity index (χ0) is 21.8. The number of carbonyl (C=O) groups is 2. The van der Waals surface area contributed by atoms with Gasteiger partial charge in [-0.1, -0.05) is 42.7 Å². The molecule has 0 bridgehead atoms. The zero-order valence-corrected chi connectivity index (χ0v) is 18.9. The number of hydrogen-bond acceptors (Lipinski definition) is 5. The Hall–Kier alpha value is -2.74. The fourth-order valence-electron chi connectivity index (χ4n) is 4.06. The van der Waals surface area contributed by atoms with Crippen LogP contribution in [0.5, 0.6) is 0 Å². The van der Waals surface area contributed by atoms with Crippen molar-refractivity contribution in [3.05, 3.63) is 40.5 Å². The number of amides is 2. The largest absolute Gasteiger partial charge is 0.361 e. The van der Waals surface area contributed by atoms with Crippen molar-refractivity contribution < 1.29 is 9.59 Å². The summed E-state index contributed by atoms with van der Waals surface area (Å²) in [5.74, 6) is -0.450. The van der Waals surface area contributed by atoms with Gasteiger partial charge in [0.2, 0.25) is 16.9 Å². The summed E-state index contributed by atoms with van der Waals surface area (Å²) in [6.07, 6.45) is 7.34. The van der Waals surface area contributed by atoms with Crippen molar-refractivity contribution in [2.24, 2.45) is 5.92 Å². The maximum atomic E-state index is 12.7. The Kier molecular flexibility index (Phi) is 6.65. The van der Waals surface area contributed by atoms with Crippen LogP contribution in [0.4, 0.5) is 5.13 Å². The number of H-pyrrole nitrogens is 1. The van der Waals surface area contributed by atoms with Crippen LogP contribution in [0.3, 0.4) is 0 Å². The molecule has 31 heavy (non-hydrogen) atoms. The highest BCUT2D eigenvalue weighted by Crippen LogP contribution is 2.24. The minimum atomic E-state index is -0.342. The molecule has 1 aliphatic rings. The number of aromatic nitrogens is 3. The van der Waals surface area contributed by atoms with Crippen LogP contribution in [0.25, 0.3) is 10.9 Å². The van der Waals surface area contributed by atoms with Crippen LogP contribution in [0, 0.1) is 12.8 Å². The molecule has 1 atom stereocenters. The summed E-state index contributed by atoms with van der Waals surface area (Å²) in [6.45, 7) is 5.31. The van der Waals surface area contributed by atoms with Gasteiger partial charge in [-0.05, 0) is 37.5 Å². The first-order valence-electron chi connectivity index (χ1n) is 11.0. The second kappa shape index (κ2) is 9.60. The lowest BCUT2D eigenvalue weighted by Crippen LogP contribution is -2.30. The number of likely N-dealkylation sites (tertiary alicyclic amines) is 1. The van der Waals surface area contributed by atoms with Crippen LogP contribution in [0.2, 0.25) is 0 Å². The Morgan fingerprint density at radius 3 is 3.00 bits per heavy atom. The molecule has 0 aliphatic carbocycles. The Morgan fingerprint density at radius 2 is 2.16 bits per heavy atom. The van der Waals surface area contributed by atoms with Gasteiger partial charge in [0.25, 0.3) is 0 Å². The van der Waals surface area contributed by atoms with Gasteiger partial charge < -0.3 is 15.2 Å². The van der Waals surface area contributed by atoms with Gasteiger partial charge >= 0.3 is 0 Å². The fraction of sp³-hybridized carbons (Fsp3) is 0.478. The number of benzene rings is 1. The minimum absolute atomic E-state index is 0.0358. The molecule has 2 amide bonds. The summed E-state index contributed by atoms with van der Waals surface area (Å²) in [5.41, 5.74) is 3.52. The lowest BCUT2D eigenvalue weighted by Gasteiger charge is -2.16. The smallest absolute Gasteiger partial charge is 0.231 e. The number of aromatic amines is 1. The van der Waals surface area contributed by atoms with Crippen LogP contribution in [0.15, 0.2) is 24.4 Å². The first kappa shape index (κ1) is 21.5. The van der Waals surface area contributed by atoms with Gasteiger partial charge in [-0.15, -0.1) is 10.2 Å². The molecule has 1 aliphatic heterocycles. The molecule has 2 N–H and O–H groups in total. The maximum Gasteiger partial charge on any atom is 0.231 e. The molecular weight excluding hydrogens is 410 g/mol. The van der Waals surface area contributed by atoms with Gasteiger partial charge in [0.1, 0.15) is 5.01 Å². The average molecular weight is 440 g/mol. The average Bonchev–Trinajstić information content (AvgIpc) is 3.45. The van der Waals surface area contributed by atoms with Crippen molar-refractivity contribution in [1.29, 1.82) is 0 Å². The fourth-order valence-corrected chi connectivity index (χ4v) is 4.84. The number of aryl methyl sites for hydroxylation is 2. The Morgan fingerprint density at radius 1 is 1.29 bits per heavy atom. The summed E-state index contributed by atoms with van der Waals surface area (Å²) in [5, 5.41) is 13.8. The number of rotatable bonds is 9. The highest BCUT2D eigenvalue weighted by atomic mass is 32.1. The quantitative estimate of drug-likeness (QED) is 0.491. The number of carbonyl (C=O) groups excluding carboxylic acids is 2. The van der Waals surface area contributed by atoms with E-state index in [0.29, 0.717) is 18.2 Å². The lowest BCUT2D eigenvalue weighted by atomic mass is 10.1. The summed E-state index contributed by atoms with van der Waals surface area (Å²) < 4.78 is 0. The number of hydrogen-bond donors (Lipinski definition) is 2. The first-order chi connectivity index (χ1) is 15.0. The van der Waals surface area contributed by atoms with E-state index in [2.05, 4.69) is 52.5 Å². The predicted octanol–water partition coefficient (Wildman–Crippen LogP) is 4.09. The minimum Gasteiger partial charge on any atom is -0.361 e. The normalized spacial score (nSPS) is 16.4. The molecule has 2 aromatic heterocycles. The van der Waals surface area contributed by atoms with Gasteiger partial charge in [0.05, 0.1) is 5.92 Å². The van der Waals surface area contributed by atoms with E-state index in [-0.39, 0.29) is 24.2 Å². The van der Waals surface area contributed by atoms with Gasteiger partial charge in [-0.2, -0.15) is 0 Å². The standard InChI is InChI=1S/C23H29N5O2S/c1-3-4-5-6-20-26-27-23(31-20)25-22(30)17-12-21(29)28(14-17)10-9-16-13-24-19-8-7-15(2)11-18(16)19/h7-8,11,13,17,24H,3-6,9-10,12,14H2,1-2H3,(H,25,27,30)/t17-/m1/s1. The van der Waals surface area contributed by atoms with Crippen LogP contribution < -0.4 is 5.32 Å². The predicted molar refractivity (Wildman–Crippen MR) is 123 cm³/mol. The van der Waals surface area contributed by atoms with E-state index in [4.69, 9.17) is 0 Å². The molecule has 0 spiro atoms. The molecular formula is C23H29N5O2S. The monoisotopic (exact) mass is 439 g/mol. The molecule has 7 nitrogen and oxygen atoms in total. The van der Waals surface area contributed by atoms with Gasteiger partial charge in [0, 0.05) is 43.0 Å². The van der Waals surface area contributed by atoms with E-state index in [0.717, 1.165) is 36.2 Å². The number of fused-ring (bicyclic) bond motifs is 1. The van der Waals surface area contributed by atoms with E-state index in [1.165, 1.54) is 34.3 Å². The van der Waals surface area contributed by atoms with Crippen LogP contribution in [0.1, 0.15) is 48.7 Å². The molecule has 8 heteroatoms. The Labute approximate surface area is 186 Å². The van der Waals surface area contributed by atoms with E-state index < -0.39 is 0 Å². The third kappa shape index (κ3) is 5.12. The van der Waals surface area contributed by atoms with Crippen molar-refractivity contribution in [1.82, 2.24) is 20.1 Å². The van der Waals surface area contributed by atoms with Crippen LogP contribution in [-0.4, -0.2) is 45.0 Å². The van der Waals surface area contributed by atoms with Gasteiger partial charge in [-0.25, -0.2) is 0 Å². The Bertz CT molecular complexity index is 1070. The zero-order valence-electron chi connectivity index (χ0n) is 18.1. The molecule has 4 rings (SSSR count). The molecule has 0 radical (unpaired) electrons. The molecule has 3 aromatic rings. The van der Waals surface area contributed by atoms with Crippen LogP contribution >= 0.6 is 11.3 Å². The molecule has 1 fully saturated rings. The van der Waals surface area contributed by atoms with E-state index in [9.17, 15) is 9.59 Å². The summed E-state index contributed by atoms with van der Waals surface area (Å²) in [7, 11) is 0. The second-order valence-corrected chi connectivity index (χ2v) is 9.36. The number of anilines is 1. The van der Waals surface area contributed by atoms with Crippen molar-refractivity contribution in [3.8, 4) is 0 Å². The maximum absolute atomic E-state index is 12.7. The number of unbranched alkanes of at least 4 members (excludes halogenated alkanes) is 2. The molecule has 3 heterocycles. The third-order valence-electron chi connectivity index (χ3n) is 5.85. The van der Waals surface area contributed by atoms with Crippen molar-refractivity contribution in [2.45, 2.75) is 52.4 Å². The number of nitrogens with zero attached hydrogens (tertiary/aromatic N) is 3. The van der Waals surface area contributed by atoms with Crippen molar-refractivity contribution in [3.63, 3.8) is 0 Å². The first-order valence-corrected chi connectivity index (χ1v) is 11.8. The Balaban J connectivity index is 1.30. The summed E-state index contributed by atoms with van der Waals surface area (Å²) in [6, 6.07) is 6.34. The van der Waals surface area contributed by atoms with Crippen molar-refractivity contribution in [2.75, 3.05) is 18.4 Å². The van der Waals surface area contributed by atoms with Crippen LogP contribution in [-0.2, 0) is 22.4 Å². The van der Waals surface area contributed by atoms with Crippen molar-refractivity contribution >= 4 is 39.2 Å². The van der Waals surface area contributed by atoms with Gasteiger partial charge in [-0.3, -0.25) is 9.59 Å². The van der Waals surface area contributed by atoms with E-state index in [1.807, 2.05) is 6.20 Å². The highest BCUT2D eigenvalue weighted by Gasteiger charge is 2.34. The second-order valence-electron chi connectivity index (χ2n) is 8.30.